The number of nitrogens with two attached hydrogens (primary N) is 1. The van der Waals surface area contributed by atoms with E-state index in [0.29, 0.717) is 11.7 Å². The Hall–Kier alpha value is -1.32. The summed E-state index contributed by atoms with van der Waals surface area (Å²) in [5, 5.41) is 3.31. The molecule has 0 aromatic carbocycles. The van der Waals surface area contributed by atoms with Crippen LogP contribution in [0.5, 0.6) is 0 Å². The maximum atomic E-state index is 5.84. The third-order valence-electron chi connectivity index (χ3n) is 2.31. The van der Waals surface area contributed by atoms with Crippen molar-refractivity contribution in [2.24, 2.45) is 0 Å². The lowest BCUT2D eigenvalue weighted by molar-refractivity contribution is 0.814. The van der Waals surface area contributed by atoms with E-state index in [4.69, 9.17) is 5.73 Å². The van der Waals surface area contributed by atoms with Crippen LogP contribution in [-0.2, 0) is 0 Å². The quantitative estimate of drug-likeness (QED) is 0.729. The predicted molar refractivity (Wildman–Crippen MR) is 63.9 cm³/mol. The first-order chi connectivity index (χ1) is 7.16. The topological polar surface area (TPSA) is 63.8 Å². The lowest BCUT2D eigenvalue weighted by Gasteiger charge is -2.14. The Morgan fingerprint density at radius 2 is 2.13 bits per heavy atom. The van der Waals surface area contributed by atoms with Crippen molar-refractivity contribution < 1.29 is 0 Å². The molecular weight excluding hydrogens is 188 g/mol. The first-order valence-electron chi connectivity index (χ1n) is 5.51. The van der Waals surface area contributed by atoms with Crippen LogP contribution in [0.2, 0.25) is 0 Å². The monoisotopic (exact) mass is 208 g/mol. The minimum absolute atomic E-state index is 0.343. The molecule has 0 saturated heterocycles. The standard InChI is InChI=1S/C11H20N4/c1-4-5-6-13-11-9(8(2)3)10(12)14-7-15-11/h7-8H,4-6H2,1-3H3,(H3,12,13,14,15). The molecule has 1 heterocycles. The molecule has 0 amide bonds. The van der Waals surface area contributed by atoms with Gasteiger partial charge in [-0.3, -0.25) is 0 Å². The summed E-state index contributed by atoms with van der Waals surface area (Å²) in [5.41, 5.74) is 6.86. The molecule has 0 spiro atoms. The molecule has 0 aliphatic carbocycles. The second kappa shape index (κ2) is 5.53. The zero-order chi connectivity index (χ0) is 11.3. The Morgan fingerprint density at radius 3 is 2.73 bits per heavy atom. The van der Waals surface area contributed by atoms with E-state index in [9.17, 15) is 0 Å². The van der Waals surface area contributed by atoms with Crippen molar-refractivity contribution in [2.45, 2.75) is 39.5 Å². The van der Waals surface area contributed by atoms with Crippen molar-refractivity contribution in [3.63, 3.8) is 0 Å². The summed E-state index contributed by atoms with van der Waals surface area (Å²) in [5.74, 6) is 1.81. The Kier molecular flexibility index (Phi) is 4.34. The molecular formula is C11H20N4. The normalized spacial score (nSPS) is 10.7. The molecule has 1 aromatic heterocycles. The lowest BCUT2D eigenvalue weighted by Crippen LogP contribution is -2.10. The van der Waals surface area contributed by atoms with Gasteiger partial charge in [-0.1, -0.05) is 27.2 Å². The van der Waals surface area contributed by atoms with Gasteiger partial charge in [-0.05, 0) is 12.3 Å². The zero-order valence-corrected chi connectivity index (χ0v) is 9.75. The third kappa shape index (κ3) is 3.08. The summed E-state index contributed by atoms with van der Waals surface area (Å²) in [6, 6.07) is 0. The molecule has 3 N–H and O–H groups in total. The number of rotatable bonds is 5. The fraction of sp³-hybridized carbons (Fsp3) is 0.636. The van der Waals surface area contributed by atoms with Crippen LogP contribution in [0, 0.1) is 0 Å². The highest BCUT2D eigenvalue weighted by atomic mass is 15.0. The number of unbranched alkanes of at least 4 members (excludes halogenated alkanes) is 1. The van der Waals surface area contributed by atoms with Crippen LogP contribution in [0.1, 0.15) is 45.1 Å². The number of anilines is 2. The second-order valence-electron chi connectivity index (χ2n) is 3.96. The van der Waals surface area contributed by atoms with Gasteiger partial charge < -0.3 is 11.1 Å². The smallest absolute Gasteiger partial charge is 0.134 e. The Labute approximate surface area is 91.3 Å². The highest BCUT2D eigenvalue weighted by Crippen LogP contribution is 2.25. The van der Waals surface area contributed by atoms with Gasteiger partial charge >= 0.3 is 0 Å². The van der Waals surface area contributed by atoms with E-state index in [2.05, 4.69) is 36.1 Å². The van der Waals surface area contributed by atoms with Crippen LogP contribution in [-0.4, -0.2) is 16.5 Å². The predicted octanol–water partition coefficient (Wildman–Crippen LogP) is 2.39. The highest BCUT2D eigenvalue weighted by molar-refractivity contribution is 5.56. The number of aromatic nitrogens is 2. The summed E-state index contributed by atoms with van der Waals surface area (Å²) >= 11 is 0. The van der Waals surface area contributed by atoms with Crippen molar-refractivity contribution in [3.05, 3.63) is 11.9 Å². The van der Waals surface area contributed by atoms with Crippen LogP contribution < -0.4 is 11.1 Å². The Bertz CT molecular complexity index is 309. The molecule has 0 aliphatic rings. The van der Waals surface area contributed by atoms with E-state index >= 15 is 0 Å². The average molecular weight is 208 g/mol. The fourth-order valence-electron chi connectivity index (χ4n) is 1.50. The van der Waals surface area contributed by atoms with Crippen molar-refractivity contribution in [1.82, 2.24) is 9.97 Å². The van der Waals surface area contributed by atoms with Crippen LogP contribution in [0.15, 0.2) is 6.33 Å². The molecule has 0 unspecified atom stereocenters. The van der Waals surface area contributed by atoms with Gasteiger partial charge in [0.15, 0.2) is 0 Å². The Morgan fingerprint density at radius 1 is 1.40 bits per heavy atom. The molecule has 84 valence electrons. The van der Waals surface area contributed by atoms with Crippen LogP contribution in [0.3, 0.4) is 0 Å². The van der Waals surface area contributed by atoms with Gasteiger partial charge in [-0.2, -0.15) is 0 Å². The van der Waals surface area contributed by atoms with Crippen molar-refractivity contribution in [3.8, 4) is 0 Å². The van der Waals surface area contributed by atoms with Crippen molar-refractivity contribution in [1.29, 1.82) is 0 Å². The number of hydrogen-bond acceptors (Lipinski definition) is 4. The minimum atomic E-state index is 0.343. The van der Waals surface area contributed by atoms with Gasteiger partial charge in [0.25, 0.3) is 0 Å². The first-order valence-corrected chi connectivity index (χ1v) is 5.51. The van der Waals surface area contributed by atoms with Crippen molar-refractivity contribution in [2.75, 3.05) is 17.6 Å². The van der Waals surface area contributed by atoms with E-state index in [0.717, 1.165) is 24.3 Å². The molecule has 0 radical (unpaired) electrons. The van der Waals surface area contributed by atoms with Gasteiger partial charge in [0.05, 0.1) is 0 Å². The van der Waals surface area contributed by atoms with E-state index in [1.165, 1.54) is 12.7 Å². The van der Waals surface area contributed by atoms with Gasteiger partial charge in [-0.25, -0.2) is 9.97 Å². The molecule has 0 saturated carbocycles. The van der Waals surface area contributed by atoms with Gasteiger partial charge in [0.2, 0.25) is 0 Å². The summed E-state index contributed by atoms with van der Waals surface area (Å²) < 4.78 is 0. The minimum Gasteiger partial charge on any atom is -0.383 e. The molecule has 15 heavy (non-hydrogen) atoms. The van der Waals surface area contributed by atoms with Crippen LogP contribution >= 0.6 is 0 Å². The molecule has 0 atom stereocenters. The van der Waals surface area contributed by atoms with Gasteiger partial charge in [0, 0.05) is 12.1 Å². The summed E-state index contributed by atoms with van der Waals surface area (Å²) in [6.07, 6.45) is 3.82. The molecule has 4 heteroatoms. The zero-order valence-electron chi connectivity index (χ0n) is 9.75. The number of nitrogens with one attached hydrogen (secondary N) is 1. The number of nitrogens with zero attached hydrogens (tertiary/aromatic N) is 2. The lowest BCUT2D eigenvalue weighted by atomic mass is 10.0. The molecule has 0 fully saturated rings. The van der Waals surface area contributed by atoms with Crippen LogP contribution in [0.25, 0.3) is 0 Å². The largest absolute Gasteiger partial charge is 0.383 e. The van der Waals surface area contributed by atoms with Crippen molar-refractivity contribution >= 4 is 11.6 Å². The molecule has 0 aliphatic heterocycles. The molecule has 1 rings (SSSR count). The number of nitrogen functional groups attached to an aromatic ring is 1. The average Bonchev–Trinajstić information content (AvgIpc) is 2.17. The van der Waals surface area contributed by atoms with Gasteiger partial charge in [0.1, 0.15) is 18.0 Å². The molecule has 0 bridgehead atoms. The first kappa shape index (κ1) is 11.8. The molecule has 4 nitrogen and oxygen atoms in total. The van der Waals surface area contributed by atoms with E-state index in [1.807, 2.05) is 0 Å². The summed E-state index contributed by atoms with van der Waals surface area (Å²) in [4.78, 5) is 8.25. The number of hydrogen-bond donors (Lipinski definition) is 2. The SMILES string of the molecule is CCCCNc1ncnc(N)c1C(C)C. The third-order valence-corrected chi connectivity index (χ3v) is 2.31. The highest BCUT2D eigenvalue weighted by Gasteiger charge is 2.11. The fourth-order valence-corrected chi connectivity index (χ4v) is 1.50. The van der Waals surface area contributed by atoms with E-state index in [-0.39, 0.29) is 0 Å². The maximum absolute atomic E-state index is 5.84. The summed E-state index contributed by atoms with van der Waals surface area (Å²) in [7, 11) is 0. The summed E-state index contributed by atoms with van der Waals surface area (Å²) in [6.45, 7) is 7.30. The second-order valence-corrected chi connectivity index (χ2v) is 3.96. The maximum Gasteiger partial charge on any atom is 0.134 e. The van der Waals surface area contributed by atoms with Crippen LogP contribution in [0.4, 0.5) is 11.6 Å². The Balaban J connectivity index is 2.81. The molecule has 1 aromatic rings. The van der Waals surface area contributed by atoms with E-state index in [1.54, 1.807) is 0 Å². The van der Waals surface area contributed by atoms with E-state index < -0.39 is 0 Å². The van der Waals surface area contributed by atoms with Gasteiger partial charge in [-0.15, -0.1) is 0 Å².